The Labute approximate surface area is 210 Å². The molecule has 36 heavy (non-hydrogen) atoms. The number of methoxy groups -OCH3 is 1. The standard InChI is InChI=1S/C28H30N2O6/c1-4-15-29-22-10-7-6-9-21(22)28(27(29)34)23(25(32)26(33)30(28)16-8-18-35-3)24(31)19-11-13-20(14-12-19)36-17-5-2/h4,6-7,9-14,31H,1,5,8,15-18H2,2-3H3/b24-23-/t28-/m1/s1. The number of Topliss-reactive ketones (excluding diaryl/α,β-unsaturated/α-hetero) is 1. The molecule has 0 saturated carbocycles. The molecule has 0 aliphatic carbocycles. The van der Waals surface area contributed by atoms with E-state index in [4.69, 9.17) is 9.47 Å². The second kappa shape index (κ2) is 10.4. The molecule has 1 saturated heterocycles. The van der Waals surface area contributed by atoms with E-state index in [2.05, 4.69) is 6.58 Å². The minimum atomic E-state index is -1.79. The summed E-state index contributed by atoms with van der Waals surface area (Å²) >= 11 is 0. The highest BCUT2D eigenvalue weighted by molar-refractivity contribution is 6.50. The molecule has 0 unspecified atom stereocenters. The average Bonchev–Trinajstić information content (AvgIpc) is 3.27. The number of ketones is 1. The number of nitrogens with zero attached hydrogens (tertiary/aromatic N) is 2. The van der Waals surface area contributed by atoms with Crippen molar-refractivity contribution in [2.24, 2.45) is 0 Å². The van der Waals surface area contributed by atoms with E-state index in [-0.39, 0.29) is 18.7 Å². The third kappa shape index (κ3) is 3.87. The Hall–Kier alpha value is -3.91. The zero-order valence-corrected chi connectivity index (χ0v) is 20.5. The molecule has 8 heteroatoms. The van der Waals surface area contributed by atoms with Gasteiger partial charge in [-0.1, -0.05) is 31.2 Å². The fraction of sp³-hybridized carbons (Fsp3) is 0.321. The summed E-state index contributed by atoms with van der Waals surface area (Å²) in [4.78, 5) is 43.8. The first-order chi connectivity index (χ1) is 17.4. The van der Waals surface area contributed by atoms with Gasteiger partial charge in [0.05, 0.1) is 17.9 Å². The van der Waals surface area contributed by atoms with E-state index < -0.39 is 28.9 Å². The molecule has 2 heterocycles. The lowest BCUT2D eigenvalue weighted by Crippen LogP contribution is -2.52. The van der Waals surface area contributed by atoms with Gasteiger partial charge in [-0.2, -0.15) is 0 Å². The van der Waals surface area contributed by atoms with Crippen molar-refractivity contribution in [2.75, 3.05) is 38.3 Å². The number of amides is 2. The molecule has 2 aromatic carbocycles. The normalized spacial score (nSPS) is 20.3. The quantitative estimate of drug-likeness (QED) is 0.180. The van der Waals surface area contributed by atoms with Gasteiger partial charge < -0.3 is 24.4 Å². The Bertz CT molecular complexity index is 1220. The van der Waals surface area contributed by atoms with E-state index in [0.717, 1.165) is 6.42 Å². The molecule has 1 atom stereocenters. The van der Waals surface area contributed by atoms with Crippen LogP contribution in [0.4, 0.5) is 5.69 Å². The lowest BCUT2D eigenvalue weighted by molar-refractivity contribution is -0.143. The molecule has 2 aliphatic heterocycles. The molecule has 0 aromatic heterocycles. The Morgan fingerprint density at radius 2 is 1.81 bits per heavy atom. The van der Waals surface area contributed by atoms with Crippen LogP contribution >= 0.6 is 0 Å². The van der Waals surface area contributed by atoms with Gasteiger partial charge in [0.15, 0.2) is 5.54 Å². The smallest absolute Gasteiger partial charge is 0.296 e. The van der Waals surface area contributed by atoms with Crippen LogP contribution in [-0.4, -0.2) is 61.0 Å². The number of aliphatic hydroxyl groups is 1. The van der Waals surface area contributed by atoms with Gasteiger partial charge in [0.2, 0.25) is 0 Å². The molecule has 2 aliphatic rings. The van der Waals surface area contributed by atoms with Crippen molar-refractivity contribution < 1.29 is 29.0 Å². The number of benzene rings is 2. The van der Waals surface area contributed by atoms with Crippen molar-refractivity contribution in [3.8, 4) is 5.75 Å². The van der Waals surface area contributed by atoms with E-state index in [1.807, 2.05) is 6.92 Å². The number of fused-ring (bicyclic) bond motifs is 2. The molecule has 4 rings (SSSR count). The Morgan fingerprint density at radius 1 is 1.08 bits per heavy atom. The molecule has 1 spiro atoms. The lowest BCUT2D eigenvalue weighted by atomic mass is 9.82. The summed E-state index contributed by atoms with van der Waals surface area (Å²) in [6.45, 7) is 6.92. The number of carbonyl (C=O) groups excluding carboxylic acids is 3. The predicted molar refractivity (Wildman–Crippen MR) is 136 cm³/mol. The maximum Gasteiger partial charge on any atom is 0.296 e. The van der Waals surface area contributed by atoms with Crippen molar-refractivity contribution in [2.45, 2.75) is 25.3 Å². The van der Waals surface area contributed by atoms with E-state index in [9.17, 15) is 19.5 Å². The highest BCUT2D eigenvalue weighted by Gasteiger charge is 2.66. The number of carbonyl (C=O) groups is 3. The zero-order chi connectivity index (χ0) is 25.9. The van der Waals surface area contributed by atoms with Crippen molar-refractivity contribution in [1.29, 1.82) is 0 Å². The minimum Gasteiger partial charge on any atom is -0.507 e. The van der Waals surface area contributed by atoms with Gasteiger partial charge in [0.1, 0.15) is 11.5 Å². The van der Waals surface area contributed by atoms with Crippen LogP contribution in [-0.2, 0) is 24.7 Å². The molecule has 0 bridgehead atoms. The van der Waals surface area contributed by atoms with Crippen molar-refractivity contribution in [3.63, 3.8) is 0 Å². The van der Waals surface area contributed by atoms with Gasteiger partial charge in [-0.3, -0.25) is 14.4 Å². The Kier molecular flexibility index (Phi) is 7.26. The number of aliphatic hydroxyl groups excluding tert-OH is 1. The van der Waals surface area contributed by atoms with E-state index in [1.54, 1.807) is 61.7 Å². The van der Waals surface area contributed by atoms with Crippen molar-refractivity contribution in [1.82, 2.24) is 4.90 Å². The van der Waals surface area contributed by atoms with Gasteiger partial charge in [0, 0.05) is 37.9 Å². The number of para-hydroxylation sites is 1. The first-order valence-corrected chi connectivity index (χ1v) is 12.0. The fourth-order valence-electron chi connectivity index (χ4n) is 4.92. The van der Waals surface area contributed by atoms with Crippen LogP contribution in [0.15, 0.2) is 66.8 Å². The molecular formula is C28H30N2O6. The van der Waals surface area contributed by atoms with Crippen molar-refractivity contribution >= 4 is 29.0 Å². The predicted octanol–water partition coefficient (Wildman–Crippen LogP) is 3.62. The Balaban J connectivity index is 1.94. The van der Waals surface area contributed by atoms with Gasteiger partial charge in [-0.25, -0.2) is 0 Å². The molecule has 1 N–H and O–H groups in total. The van der Waals surface area contributed by atoms with E-state index in [1.165, 1.54) is 9.80 Å². The summed E-state index contributed by atoms with van der Waals surface area (Å²) in [6.07, 6.45) is 2.84. The molecular weight excluding hydrogens is 460 g/mol. The van der Waals surface area contributed by atoms with Gasteiger partial charge in [-0.05, 0) is 43.2 Å². The molecule has 8 nitrogen and oxygen atoms in total. The second-order valence-corrected chi connectivity index (χ2v) is 8.66. The summed E-state index contributed by atoms with van der Waals surface area (Å²) in [5.41, 5.74) is -0.687. The number of rotatable bonds is 10. The monoisotopic (exact) mass is 490 g/mol. The van der Waals surface area contributed by atoms with Crippen LogP contribution in [0.25, 0.3) is 5.76 Å². The third-order valence-corrected chi connectivity index (χ3v) is 6.45. The maximum absolute atomic E-state index is 14.2. The van der Waals surface area contributed by atoms with Crippen LogP contribution < -0.4 is 9.64 Å². The highest BCUT2D eigenvalue weighted by atomic mass is 16.5. The van der Waals surface area contributed by atoms with Gasteiger partial charge in [-0.15, -0.1) is 6.58 Å². The van der Waals surface area contributed by atoms with Crippen LogP contribution in [0.2, 0.25) is 0 Å². The summed E-state index contributed by atoms with van der Waals surface area (Å²) in [7, 11) is 1.54. The van der Waals surface area contributed by atoms with Gasteiger partial charge >= 0.3 is 0 Å². The summed E-state index contributed by atoms with van der Waals surface area (Å²) in [5.74, 6) is -2.01. The first kappa shape index (κ1) is 25.2. The highest BCUT2D eigenvalue weighted by Crippen LogP contribution is 2.53. The largest absolute Gasteiger partial charge is 0.507 e. The summed E-state index contributed by atoms with van der Waals surface area (Å²) in [5, 5.41) is 11.5. The topological polar surface area (TPSA) is 96.4 Å². The summed E-state index contributed by atoms with van der Waals surface area (Å²) < 4.78 is 10.8. The molecule has 0 radical (unpaired) electrons. The Morgan fingerprint density at radius 3 is 2.47 bits per heavy atom. The minimum absolute atomic E-state index is 0.0982. The third-order valence-electron chi connectivity index (χ3n) is 6.45. The number of hydrogen-bond acceptors (Lipinski definition) is 6. The zero-order valence-electron chi connectivity index (χ0n) is 20.5. The van der Waals surface area contributed by atoms with Gasteiger partial charge in [0.25, 0.3) is 17.6 Å². The molecule has 2 amide bonds. The van der Waals surface area contributed by atoms with Crippen LogP contribution in [0, 0.1) is 0 Å². The second-order valence-electron chi connectivity index (χ2n) is 8.66. The van der Waals surface area contributed by atoms with Crippen LogP contribution in [0.3, 0.4) is 0 Å². The van der Waals surface area contributed by atoms with Crippen molar-refractivity contribution in [3.05, 3.63) is 77.9 Å². The number of anilines is 1. The van der Waals surface area contributed by atoms with E-state index in [0.29, 0.717) is 42.2 Å². The number of hydrogen-bond donors (Lipinski definition) is 1. The average molecular weight is 491 g/mol. The number of likely N-dealkylation sites (tertiary alicyclic amines) is 1. The number of ether oxygens (including phenoxy) is 2. The SMILES string of the molecule is C=CCN1C(=O)[C@]2(/C(=C(\O)c3ccc(OCCC)cc3)C(=O)C(=O)N2CCCOC)c2ccccc21. The van der Waals surface area contributed by atoms with Crippen LogP contribution in [0.1, 0.15) is 30.9 Å². The lowest BCUT2D eigenvalue weighted by Gasteiger charge is -2.34. The fourth-order valence-corrected chi connectivity index (χ4v) is 4.92. The molecule has 1 fully saturated rings. The van der Waals surface area contributed by atoms with E-state index >= 15 is 0 Å². The molecule has 188 valence electrons. The van der Waals surface area contributed by atoms with Crippen LogP contribution in [0.5, 0.6) is 5.75 Å². The maximum atomic E-state index is 14.2. The summed E-state index contributed by atoms with van der Waals surface area (Å²) in [6, 6.07) is 13.6. The first-order valence-electron chi connectivity index (χ1n) is 12.0. The molecule has 2 aromatic rings.